The predicted octanol–water partition coefficient (Wildman–Crippen LogP) is 2.07. The van der Waals surface area contributed by atoms with Crippen molar-refractivity contribution >= 4 is 23.0 Å². The number of nitrogens with one attached hydrogen (secondary N) is 2. The second-order valence-electron chi connectivity index (χ2n) is 6.31. The summed E-state index contributed by atoms with van der Waals surface area (Å²) in [5, 5.41) is 3.78. The minimum Gasteiger partial charge on any atom is -0.496 e. The lowest BCUT2D eigenvalue weighted by molar-refractivity contribution is -0.917. The van der Waals surface area contributed by atoms with Crippen LogP contribution in [0.5, 0.6) is 5.75 Å². The van der Waals surface area contributed by atoms with Crippen LogP contribution < -0.4 is 15.0 Å². The lowest BCUT2D eigenvalue weighted by Gasteiger charge is -2.34. The van der Waals surface area contributed by atoms with Crippen molar-refractivity contribution in [1.29, 1.82) is 0 Å². The zero-order valence-corrected chi connectivity index (χ0v) is 15.4. The topological polar surface area (TPSA) is 28.9 Å². The van der Waals surface area contributed by atoms with Gasteiger partial charge in [0, 0.05) is 5.69 Å². The SMILES string of the molecule is COc1ccc(F)cc1C[NH+]1CCN(C(=S)Nc2ccc(F)cc2)CC1. The first-order chi connectivity index (χ1) is 12.5. The molecule has 0 spiro atoms. The molecule has 0 atom stereocenters. The molecular formula is C19H22F2N3OS+. The van der Waals surface area contributed by atoms with E-state index in [0.29, 0.717) is 11.7 Å². The first kappa shape index (κ1) is 18.5. The molecule has 3 rings (SSSR count). The van der Waals surface area contributed by atoms with Crippen molar-refractivity contribution in [3.8, 4) is 5.75 Å². The zero-order valence-electron chi connectivity index (χ0n) is 14.6. The molecule has 1 fully saturated rings. The summed E-state index contributed by atoms with van der Waals surface area (Å²) in [7, 11) is 1.60. The summed E-state index contributed by atoms with van der Waals surface area (Å²) in [4.78, 5) is 3.46. The van der Waals surface area contributed by atoms with E-state index in [1.54, 1.807) is 31.4 Å². The van der Waals surface area contributed by atoms with E-state index in [1.165, 1.54) is 23.1 Å². The quantitative estimate of drug-likeness (QED) is 0.797. The molecular weight excluding hydrogens is 356 g/mol. The normalized spacial score (nSPS) is 15.0. The van der Waals surface area contributed by atoms with Gasteiger partial charge in [-0.1, -0.05) is 0 Å². The van der Waals surface area contributed by atoms with Crippen LogP contribution in [0.15, 0.2) is 42.5 Å². The number of piperazine rings is 1. The highest BCUT2D eigenvalue weighted by Gasteiger charge is 2.23. The van der Waals surface area contributed by atoms with Gasteiger partial charge in [-0.05, 0) is 54.7 Å². The van der Waals surface area contributed by atoms with E-state index in [-0.39, 0.29) is 11.6 Å². The van der Waals surface area contributed by atoms with Crippen LogP contribution in [0.25, 0.3) is 0 Å². The molecule has 4 nitrogen and oxygen atoms in total. The van der Waals surface area contributed by atoms with Crippen molar-refractivity contribution < 1.29 is 18.4 Å². The van der Waals surface area contributed by atoms with Gasteiger partial charge < -0.3 is 19.9 Å². The van der Waals surface area contributed by atoms with Crippen molar-refractivity contribution in [2.75, 3.05) is 38.6 Å². The summed E-state index contributed by atoms with van der Waals surface area (Å²) in [6.45, 7) is 4.11. The molecule has 0 unspecified atom stereocenters. The van der Waals surface area contributed by atoms with Gasteiger partial charge in [0.1, 0.15) is 23.9 Å². The summed E-state index contributed by atoms with van der Waals surface area (Å²) in [5.74, 6) is 0.199. The van der Waals surface area contributed by atoms with E-state index < -0.39 is 0 Å². The Bertz CT molecular complexity index is 762. The molecule has 2 aromatic rings. The van der Waals surface area contributed by atoms with Crippen LogP contribution in [-0.4, -0.2) is 43.3 Å². The maximum absolute atomic E-state index is 13.5. The molecule has 26 heavy (non-hydrogen) atoms. The first-order valence-corrected chi connectivity index (χ1v) is 8.93. The number of nitrogens with zero attached hydrogens (tertiary/aromatic N) is 1. The molecule has 138 valence electrons. The highest BCUT2D eigenvalue weighted by atomic mass is 32.1. The summed E-state index contributed by atoms with van der Waals surface area (Å²) in [6.07, 6.45) is 0. The largest absolute Gasteiger partial charge is 0.496 e. The average molecular weight is 378 g/mol. The second kappa shape index (κ2) is 8.42. The predicted molar refractivity (Wildman–Crippen MR) is 102 cm³/mol. The van der Waals surface area contributed by atoms with Gasteiger partial charge in [0.25, 0.3) is 0 Å². The molecule has 2 N–H and O–H groups in total. The molecule has 1 heterocycles. The Balaban J connectivity index is 1.53. The molecule has 2 aromatic carbocycles. The van der Waals surface area contributed by atoms with Crippen molar-refractivity contribution in [1.82, 2.24) is 4.90 Å². The fraction of sp³-hybridized carbons (Fsp3) is 0.316. The van der Waals surface area contributed by atoms with Gasteiger partial charge in [-0.25, -0.2) is 8.78 Å². The summed E-state index contributed by atoms with van der Waals surface area (Å²) < 4.78 is 31.8. The van der Waals surface area contributed by atoms with Crippen LogP contribution in [0.4, 0.5) is 14.5 Å². The maximum Gasteiger partial charge on any atom is 0.173 e. The number of quaternary nitrogens is 1. The van der Waals surface area contributed by atoms with Crippen molar-refractivity contribution in [3.05, 3.63) is 59.7 Å². The minimum atomic E-state index is -0.272. The van der Waals surface area contributed by atoms with Crippen LogP contribution in [0, 0.1) is 11.6 Å². The molecule has 1 aliphatic heterocycles. The summed E-state index contributed by atoms with van der Waals surface area (Å²) >= 11 is 5.46. The Morgan fingerprint density at radius 1 is 1.12 bits per heavy atom. The molecule has 0 aliphatic carbocycles. The van der Waals surface area contributed by atoms with Crippen LogP contribution in [0.3, 0.4) is 0 Å². The van der Waals surface area contributed by atoms with Gasteiger partial charge in [-0.2, -0.15) is 0 Å². The van der Waals surface area contributed by atoms with Crippen molar-refractivity contribution in [2.45, 2.75) is 6.54 Å². The van der Waals surface area contributed by atoms with Crippen LogP contribution in [-0.2, 0) is 6.54 Å². The average Bonchev–Trinajstić information content (AvgIpc) is 2.64. The summed E-state index contributed by atoms with van der Waals surface area (Å²) in [5.41, 5.74) is 1.65. The third-order valence-corrected chi connectivity index (χ3v) is 4.90. The lowest BCUT2D eigenvalue weighted by Crippen LogP contribution is -3.13. The molecule has 0 saturated carbocycles. The van der Waals surface area contributed by atoms with E-state index in [4.69, 9.17) is 17.0 Å². The Morgan fingerprint density at radius 3 is 2.42 bits per heavy atom. The van der Waals surface area contributed by atoms with Crippen LogP contribution in [0.2, 0.25) is 0 Å². The van der Waals surface area contributed by atoms with Gasteiger partial charge in [-0.15, -0.1) is 0 Å². The molecule has 0 bridgehead atoms. The molecule has 0 amide bonds. The smallest absolute Gasteiger partial charge is 0.173 e. The van der Waals surface area contributed by atoms with Crippen molar-refractivity contribution in [2.24, 2.45) is 0 Å². The molecule has 1 saturated heterocycles. The van der Waals surface area contributed by atoms with Gasteiger partial charge in [0.15, 0.2) is 5.11 Å². The number of ether oxygens (including phenoxy) is 1. The van der Waals surface area contributed by atoms with Crippen LogP contribution >= 0.6 is 12.2 Å². The molecule has 1 aliphatic rings. The highest BCUT2D eigenvalue weighted by Crippen LogP contribution is 2.18. The highest BCUT2D eigenvalue weighted by molar-refractivity contribution is 7.80. The fourth-order valence-electron chi connectivity index (χ4n) is 3.09. The standard InChI is InChI=1S/C19H21F2N3OS/c1-25-18-7-4-16(21)12-14(18)13-23-8-10-24(11-9-23)19(26)22-17-5-2-15(20)3-6-17/h2-7,12H,8-11,13H2,1H3,(H,22,26)/p+1. The molecule has 0 aromatic heterocycles. The number of methoxy groups -OCH3 is 1. The third kappa shape index (κ3) is 4.68. The Hall–Kier alpha value is -2.25. The van der Waals surface area contributed by atoms with Gasteiger partial charge in [-0.3, -0.25) is 0 Å². The lowest BCUT2D eigenvalue weighted by atomic mass is 10.1. The zero-order chi connectivity index (χ0) is 18.5. The summed E-state index contributed by atoms with van der Waals surface area (Å²) in [6, 6.07) is 10.8. The number of thiocarbonyl (C=S) groups is 1. The number of benzene rings is 2. The monoisotopic (exact) mass is 378 g/mol. The third-order valence-electron chi connectivity index (χ3n) is 4.54. The van der Waals surface area contributed by atoms with E-state index >= 15 is 0 Å². The second-order valence-corrected chi connectivity index (χ2v) is 6.69. The Kier molecular flexibility index (Phi) is 6.00. The van der Waals surface area contributed by atoms with E-state index in [0.717, 1.165) is 43.2 Å². The van der Waals surface area contributed by atoms with E-state index in [2.05, 4.69) is 10.2 Å². The number of anilines is 1. The fourth-order valence-corrected chi connectivity index (χ4v) is 3.39. The van der Waals surface area contributed by atoms with Crippen LogP contribution in [0.1, 0.15) is 5.56 Å². The Labute approximate surface area is 157 Å². The minimum absolute atomic E-state index is 0.247. The van der Waals surface area contributed by atoms with Gasteiger partial charge in [0.2, 0.25) is 0 Å². The van der Waals surface area contributed by atoms with E-state index in [1.807, 2.05) is 0 Å². The van der Waals surface area contributed by atoms with Gasteiger partial charge in [0.05, 0.1) is 38.9 Å². The molecule has 7 heteroatoms. The first-order valence-electron chi connectivity index (χ1n) is 8.52. The van der Waals surface area contributed by atoms with Gasteiger partial charge >= 0.3 is 0 Å². The number of halogens is 2. The van der Waals surface area contributed by atoms with Crippen molar-refractivity contribution in [3.63, 3.8) is 0 Å². The number of rotatable bonds is 4. The number of hydrogen-bond acceptors (Lipinski definition) is 2. The maximum atomic E-state index is 13.5. The number of hydrogen-bond donors (Lipinski definition) is 2. The Morgan fingerprint density at radius 2 is 1.77 bits per heavy atom. The molecule has 0 radical (unpaired) electrons. The van der Waals surface area contributed by atoms with E-state index in [9.17, 15) is 8.78 Å².